The maximum Gasteiger partial charge on any atom is 0.213 e. The van der Waals surface area contributed by atoms with Gasteiger partial charge in [-0.25, -0.2) is 0 Å². The van der Waals surface area contributed by atoms with Gasteiger partial charge in [-0.2, -0.15) is 0 Å². The van der Waals surface area contributed by atoms with Crippen molar-refractivity contribution in [2.45, 2.75) is 0 Å². The molecule has 0 radical (unpaired) electrons. The van der Waals surface area contributed by atoms with E-state index in [2.05, 4.69) is 238 Å². The van der Waals surface area contributed by atoms with Crippen molar-refractivity contribution in [2.24, 2.45) is 0 Å². The second kappa shape index (κ2) is 13.8. The van der Waals surface area contributed by atoms with Crippen molar-refractivity contribution in [3.05, 3.63) is 224 Å². The molecule has 0 amide bonds. The molecule has 0 aliphatic carbocycles. The SMILES string of the molecule is c1ccc(-c2c3cc(-c4ccc5c(c4)c4ccccc4n5-c4ccccc4)ccc3n3c2oc2c(-c4ccc(N(c5ccccc5)c5ccccc5)cc4)cccc23)cc1. The number of para-hydroxylation sites is 5. The fourth-order valence-electron chi connectivity index (χ4n) is 9.20. The summed E-state index contributed by atoms with van der Waals surface area (Å²) in [6.07, 6.45) is 0. The van der Waals surface area contributed by atoms with E-state index in [4.69, 9.17) is 4.42 Å². The van der Waals surface area contributed by atoms with Crippen molar-refractivity contribution in [2.75, 3.05) is 4.90 Å². The number of nitrogens with zero attached hydrogens (tertiary/aromatic N) is 3. The van der Waals surface area contributed by atoms with E-state index in [0.717, 1.165) is 78.3 Å². The summed E-state index contributed by atoms with van der Waals surface area (Å²) in [5, 5.41) is 3.63. The standard InChI is InChI=1S/C56H37N3O/c1-5-16-39(17-6-1)54-49-37-41(40-30-34-51-48(36-40)47-24-13-14-26-50(47)58(51)44-22-11-4-12-23-44)31-35-52(49)59-53-27-15-25-46(55(53)60-56(54)59)38-28-32-45(33-29-38)57(42-18-7-2-8-19-42)43-20-9-3-10-21-43/h1-37H. The van der Waals surface area contributed by atoms with Gasteiger partial charge in [0.05, 0.1) is 27.6 Å². The quantitative estimate of drug-likeness (QED) is 0.161. The van der Waals surface area contributed by atoms with E-state index in [9.17, 15) is 0 Å². The Bertz CT molecular complexity index is 3470. The van der Waals surface area contributed by atoms with Crippen LogP contribution in [0.15, 0.2) is 229 Å². The van der Waals surface area contributed by atoms with Crippen molar-refractivity contribution in [1.82, 2.24) is 8.97 Å². The second-order valence-corrected chi connectivity index (χ2v) is 15.3. The molecule has 4 heteroatoms. The molecule has 3 heterocycles. The van der Waals surface area contributed by atoms with E-state index in [1.807, 2.05) is 0 Å². The maximum absolute atomic E-state index is 7.07. The molecular weight excluding hydrogens is 731 g/mol. The molecule has 0 aliphatic rings. The third-order valence-electron chi connectivity index (χ3n) is 11.9. The number of fused-ring (bicyclic) bond motifs is 8. The largest absolute Gasteiger partial charge is 0.437 e. The van der Waals surface area contributed by atoms with Gasteiger partial charge < -0.3 is 13.9 Å². The van der Waals surface area contributed by atoms with Gasteiger partial charge in [0.2, 0.25) is 5.71 Å². The van der Waals surface area contributed by atoms with Gasteiger partial charge in [0, 0.05) is 44.5 Å². The summed E-state index contributed by atoms with van der Waals surface area (Å²) in [6.45, 7) is 0. The highest BCUT2D eigenvalue weighted by Gasteiger charge is 2.23. The van der Waals surface area contributed by atoms with Crippen LogP contribution < -0.4 is 4.90 Å². The van der Waals surface area contributed by atoms with Crippen LogP contribution in [0.2, 0.25) is 0 Å². The Labute approximate surface area is 347 Å². The highest BCUT2D eigenvalue weighted by molar-refractivity contribution is 6.12. The van der Waals surface area contributed by atoms with Crippen LogP contribution in [-0.4, -0.2) is 8.97 Å². The predicted octanol–water partition coefficient (Wildman–Crippen LogP) is 15.4. The molecule has 282 valence electrons. The van der Waals surface area contributed by atoms with Crippen LogP contribution in [0.3, 0.4) is 0 Å². The molecule has 0 aliphatic heterocycles. The lowest BCUT2D eigenvalue weighted by Gasteiger charge is -2.25. The number of rotatable bonds is 7. The zero-order valence-corrected chi connectivity index (χ0v) is 32.6. The van der Waals surface area contributed by atoms with Crippen LogP contribution in [-0.2, 0) is 0 Å². The Balaban J connectivity index is 1.00. The molecule has 3 aromatic heterocycles. The summed E-state index contributed by atoms with van der Waals surface area (Å²) in [5.74, 6) is 0. The van der Waals surface area contributed by atoms with Crippen LogP contribution in [0, 0.1) is 0 Å². The van der Waals surface area contributed by atoms with E-state index >= 15 is 0 Å². The van der Waals surface area contributed by atoms with Crippen LogP contribution in [0.1, 0.15) is 0 Å². The summed E-state index contributed by atoms with van der Waals surface area (Å²) in [7, 11) is 0. The van der Waals surface area contributed by atoms with Crippen LogP contribution >= 0.6 is 0 Å². The molecule has 9 aromatic carbocycles. The van der Waals surface area contributed by atoms with Crippen LogP contribution in [0.25, 0.3) is 88.6 Å². The molecule has 0 saturated heterocycles. The first kappa shape index (κ1) is 34.0. The average molecular weight is 768 g/mol. The predicted molar refractivity (Wildman–Crippen MR) is 250 cm³/mol. The topological polar surface area (TPSA) is 25.7 Å². The third kappa shape index (κ3) is 5.39. The van der Waals surface area contributed by atoms with E-state index < -0.39 is 0 Å². The van der Waals surface area contributed by atoms with Gasteiger partial charge in [0.25, 0.3) is 0 Å². The summed E-state index contributed by atoms with van der Waals surface area (Å²) in [6, 6.07) is 80.1. The summed E-state index contributed by atoms with van der Waals surface area (Å²) < 4.78 is 11.7. The number of oxazole rings is 1. The summed E-state index contributed by atoms with van der Waals surface area (Å²) in [5.41, 5.74) is 17.4. The zero-order valence-electron chi connectivity index (χ0n) is 32.6. The maximum atomic E-state index is 7.07. The first-order valence-electron chi connectivity index (χ1n) is 20.4. The van der Waals surface area contributed by atoms with Crippen LogP contribution in [0.5, 0.6) is 0 Å². The normalized spacial score (nSPS) is 11.7. The Morgan fingerprint density at radius 2 is 0.883 bits per heavy atom. The van der Waals surface area contributed by atoms with Gasteiger partial charge in [-0.05, 0) is 107 Å². The smallest absolute Gasteiger partial charge is 0.213 e. The first-order chi connectivity index (χ1) is 29.8. The van der Waals surface area contributed by atoms with E-state index in [1.54, 1.807) is 0 Å². The van der Waals surface area contributed by atoms with E-state index in [0.29, 0.717) is 0 Å². The monoisotopic (exact) mass is 767 g/mol. The minimum atomic E-state index is 0.841. The molecule has 0 spiro atoms. The Kier molecular flexibility index (Phi) is 7.82. The van der Waals surface area contributed by atoms with Gasteiger partial charge in [0.1, 0.15) is 0 Å². The number of aromatic nitrogens is 2. The molecule has 0 bridgehead atoms. The lowest BCUT2D eigenvalue weighted by Crippen LogP contribution is -2.09. The van der Waals surface area contributed by atoms with Gasteiger partial charge in [-0.3, -0.25) is 4.40 Å². The number of hydrogen-bond acceptors (Lipinski definition) is 2. The minimum absolute atomic E-state index is 0.841. The van der Waals surface area contributed by atoms with Crippen molar-refractivity contribution >= 4 is 66.6 Å². The Morgan fingerprint density at radius 3 is 1.58 bits per heavy atom. The van der Waals surface area contributed by atoms with Gasteiger partial charge in [-0.1, -0.05) is 140 Å². The van der Waals surface area contributed by atoms with Crippen molar-refractivity contribution in [3.63, 3.8) is 0 Å². The molecule has 0 unspecified atom stereocenters. The summed E-state index contributed by atoms with van der Waals surface area (Å²) in [4.78, 5) is 2.29. The molecule has 12 aromatic rings. The lowest BCUT2D eigenvalue weighted by molar-refractivity contribution is 0.659. The average Bonchev–Trinajstić information content (AvgIpc) is 3.97. The molecule has 0 N–H and O–H groups in total. The van der Waals surface area contributed by atoms with E-state index in [-0.39, 0.29) is 0 Å². The molecule has 0 saturated carbocycles. The Morgan fingerprint density at radius 1 is 0.350 bits per heavy atom. The number of anilines is 3. The van der Waals surface area contributed by atoms with Gasteiger partial charge in [0.15, 0.2) is 5.58 Å². The fourth-order valence-corrected chi connectivity index (χ4v) is 9.20. The Hall–Kier alpha value is -8.08. The molecule has 4 nitrogen and oxygen atoms in total. The summed E-state index contributed by atoms with van der Waals surface area (Å²) >= 11 is 0. The van der Waals surface area contributed by atoms with Crippen molar-refractivity contribution < 1.29 is 4.42 Å². The fraction of sp³-hybridized carbons (Fsp3) is 0. The minimum Gasteiger partial charge on any atom is -0.437 e. The highest BCUT2D eigenvalue weighted by atomic mass is 16.3. The van der Waals surface area contributed by atoms with Crippen LogP contribution in [0.4, 0.5) is 17.1 Å². The molecule has 60 heavy (non-hydrogen) atoms. The molecule has 12 rings (SSSR count). The lowest BCUT2D eigenvalue weighted by atomic mass is 9.98. The third-order valence-corrected chi connectivity index (χ3v) is 11.9. The van der Waals surface area contributed by atoms with Crippen molar-refractivity contribution in [1.29, 1.82) is 0 Å². The molecular formula is C56H37N3O. The number of benzene rings is 9. The number of hydrogen-bond donors (Lipinski definition) is 0. The van der Waals surface area contributed by atoms with Gasteiger partial charge >= 0.3 is 0 Å². The van der Waals surface area contributed by atoms with E-state index in [1.165, 1.54) is 27.4 Å². The molecule has 0 atom stereocenters. The van der Waals surface area contributed by atoms with Gasteiger partial charge in [-0.15, -0.1) is 0 Å². The molecule has 0 fully saturated rings. The van der Waals surface area contributed by atoms with Crippen molar-refractivity contribution in [3.8, 4) is 39.1 Å². The first-order valence-corrected chi connectivity index (χ1v) is 20.4. The zero-order chi connectivity index (χ0) is 39.6. The second-order valence-electron chi connectivity index (χ2n) is 15.3. The highest BCUT2D eigenvalue weighted by Crippen LogP contribution is 2.44.